The lowest BCUT2D eigenvalue weighted by atomic mass is 10.1. The molecule has 1 saturated heterocycles. The Morgan fingerprint density at radius 3 is 2.80 bits per heavy atom. The van der Waals surface area contributed by atoms with E-state index in [1.54, 1.807) is 0 Å². The van der Waals surface area contributed by atoms with Crippen molar-refractivity contribution in [3.8, 4) is 5.75 Å². The summed E-state index contributed by atoms with van der Waals surface area (Å²) < 4.78 is 5.94. The maximum absolute atomic E-state index is 10.7. The van der Waals surface area contributed by atoms with Crippen LogP contribution in [0.1, 0.15) is 18.4 Å². The molecule has 1 heterocycles. The van der Waals surface area contributed by atoms with Gasteiger partial charge in [-0.05, 0) is 50.6 Å². The third-order valence-corrected chi connectivity index (χ3v) is 3.58. The van der Waals surface area contributed by atoms with Crippen LogP contribution in [-0.4, -0.2) is 48.3 Å². The number of hydrogen-bond donors (Lipinski definition) is 2. The molecule has 0 aliphatic carbocycles. The summed E-state index contributed by atoms with van der Waals surface area (Å²) in [6.45, 7) is 2.08. The number of piperidine rings is 1. The molecule has 0 amide bonds. The van der Waals surface area contributed by atoms with E-state index in [0.29, 0.717) is 6.42 Å². The zero-order chi connectivity index (χ0) is 14.5. The van der Waals surface area contributed by atoms with Crippen molar-refractivity contribution in [2.24, 2.45) is 5.73 Å². The van der Waals surface area contributed by atoms with Gasteiger partial charge in [0.15, 0.2) is 0 Å². The number of hydrogen-bond acceptors (Lipinski definition) is 4. The van der Waals surface area contributed by atoms with Crippen LogP contribution in [0.2, 0.25) is 0 Å². The highest BCUT2D eigenvalue weighted by molar-refractivity contribution is 5.73. The van der Waals surface area contributed by atoms with Gasteiger partial charge >= 0.3 is 5.97 Å². The lowest BCUT2D eigenvalue weighted by Gasteiger charge is -2.30. The van der Waals surface area contributed by atoms with Gasteiger partial charge in [0.2, 0.25) is 0 Å². The summed E-state index contributed by atoms with van der Waals surface area (Å²) in [6.07, 6.45) is 2.81. The largest absolute Gasteiger partial charge is 0.489 e. The Hall–Kier alpha value is -1.59. The molecular weight excluding hydrogens is 256 g/mol. The number of nitrogens with zero attached hydrogens (tertiary/aromatic N) is 1. The van der Waals surface area contributed by atoms with E-state index < -0.39 is 12.0 Å². The monoisotopic (exact) mass is 278 g/mol. The molecule has 0 saturated carbocycles. The number of carboxylic acids is 1. The van der Waals surface area contributed by atoms with Crippen LogP contribution in [0.5, 0.6) is 5.75 Å². The van der Waals surface area contributed by atoms with E-state index in [4.69, 9.17) is 15.6 Å². The molecule has 1 aliphatic heterocycles. The third kappa shape index (κ3) is 4.21. The molecule has 0 bridgehead atoms. The summed E-state index contributed by atoms with van der Waals surface area (Å²) in [5.41, 5.74) is 6.43. The molecule has 1 aliphatic rings. The van der Waals surface area contributed by atoms with E-state index in [1.807, 2.05) is 24.3 Å². The molecule has 3 N–H and O–H groups in total. The van der Waals surface area contributed by atoms with Gasteiger partial charge in [0, 0.05) is 6.54 Å². The van der Waals surface area contributed by atoms with Gasteiger partial charge in [-0.2, -0.15) is 0 Å². The molecule has 5 nitrogen and oxygen atoms in total. The molecule has 2 unspecified atom stereocenters. The molecule has 1 fully saturated rings. The van der Waals surface area contributed by atoms with E-state index >= 15 is 0 Å². The van der Waals surface area contributed by atoms with Crippen LogP contribution in [0, 0.1) is 0 Å². The van der Waals surface area contributed by atoms with Gasteiger partial charge in [0.1, 0.15) is 17.9 Å². The van der Waals surface area contributed by atoms with E-state index in [-0.39, 0.29) is 6.10 Å². The van der Waals surface area contributed by atoms with Crippen molar-refractivity contribution < 1.29 is 14.6 Å². The fourth-order valence-corrected chi connectivity index (χ4v) is 2.45. The first-order valence-corrected chi connectivity index (χ1v) is 6.97. The predicted molar refractivity (Wildman–Crippen MR) is 76.9 cm³/mol. The molecule has 0 radical (unpaired) electrons. The van der Waals surface area contributed by atoms with Gasteiger partial charge in [0.05, 0.1) is 0 Å². The van der Waals surface area contributed by atoms with Crippen molar-refractivity contribution in [3.63, 3.8) is 0 Å². The number of ether oxygens (including phenoxy) is 1. The number of aliphatic carboxylic acids is 1. The Morgan fingerprint density at radius 2 is 2.20 bits per heavy atom. The molecular formula is C15H22N2O3. The van der Waals surface area contributed by atoms with Crippen LogP contribution in [0.15, 0.2) is 24.3 Å². The number of likely N-dealkylation sites (N-methyl/N-ethyl adjacent to an activating group) is 1. The molecule has 2 rings (SSSR count). The number of nitrogens with two attached hydrogens (primary N) is 1. The maximum atomic E-state index is 10.7. The van der Waals surface area contributed by atoms with E-state index in [9.17, 15) is 4.79 Å². The van der Waals surface area contributed by atoms with Crippen molar-refractivity contribution in [3.05, 3.63) is 29.8 Å². The molecule has 1 aromatic carbocycles. The summed E-state index contributed by atoms with van der Waals surface area (Å²) in [5.74, 6) is -0.145. The van der Waals surface area contributed by atoms with E-state index in [1.165, 1.54) is 0 Å². The zero-order valence-electron chi connectivity index (χ0n) is 11.8. The van der Waals surface area contributed by atoms with Crippen LogP contribution < -0.4 is 10.5 Å². The second kappa shape index (κ2) is 6.72. The Labute approximate surface area is 119 Å². The summed E-state index contributed by atoms with van der Waals surface area (Å²) in [4.78, 5) is 13.0. The number of carbonyl (C=O) groups is 1. The Bertz CT molecular complexity index is 447. The minimum atomic E-state index is -0.976. The first kappa shape index (κ1) is 14.8. The minimum absolute atomic E-state index is 0.237. The van der Waals surface area contributed by atoms with Crippen LogP contribution in [0.25, 0.3) is 0 Å². The summed E-state index contributed by atoms with van der Waals surface area (Å²) >= 11 is 0. The smallest absolute Gasteiger partial charge is 0.320 e. The fraction of sp³-hybridized carbons (Fsp3) is 0.533. The molecule has 1 aromatic rings. The number of rotatable bonds is 5. The first-order chi connectivity index (χ1) is 9.54. The average molecular weight is 278 g/mol. The highest BCUT2D eigenvalue weighted by Gasteiger charge is 2.18. The van der Waals surface area contributed by atoms with Crippen molar-refractivity contribution in [2.75, 3.05) is 20.1 Å². The van der Waals surface area contributed by atoms with Gasteiger partial charge in [0.25, 0.3) is 0 Å². The lowest BCUT2D eigenvalue weighted by Crippen LogP contribution is -2.38. The topological polar surface area (TPSA) is 75.8 Å². The number of carboxylic acid groups (broad SMARTS) is 1. The lowest BCUT2D eigenvalue weighted by molar-refractivity contribution is -0.138. The van der Waals surface area contributed by atoms with Gasteiger partial charge in [-0.25, -0.2) is 0 Å². The summed E-state index contributed by atoms with van der Waals surface area (Å²) in [7, 11) is 2.10. The summed E-state index contributed by atoms with van der Waals surface area (Å²) in [6, 6.07) is 6.68. The second-order valence-electron chi connectivity index (χ2n) is 5.44. The van der Waals surface area contributed by atoms with E-state index in [0.717, 1.165) is 37.2 Å². The molecule has 20 heavy (non-hydrogen) atoms. The van der Waals surface area contributed by atoms with Gasteiger partial charge in [-0.1, -0.05) is 12.1 Å². The molecule has 2 atom stereocenters. The first-order valence-electron chi connectivity index (χ1n) is 6.97. The number of likely N-dealkylation sites (tertiary alicyclic amines) is 1. The SMILES string of the molecule is CN1CCCC(Oc2ccc(CC(N)C(=O)O)cc2)C1. The van der Waals surface area contributed by atoms with Gasteiger partial charge in [-0.15, -0.1) is 0 Å². The van der Waals surface area contributed by atoms with Gasteiger partial charge in [-0.3, -0.25) is 4.79 Å². The number of benzene rings is 1. The average Bonchev–Trinajstić information content (AvgIpc) is 2.41. The van der Waals surface area contributed by atoms with E-state index in [2.05, 4.69) is 11.9 Å². The fourth-order valence-electron chi connectivity index (χ4n) is 2.45. The van der Waals surface area contributed by atoms with Crippen molar-refractivity contribution in [2.45, 2.75) is 31.4 Å². The van der Waals surface area contributed by atoms with Crippen molar-refractivity contribution in [1.82, 2.24) is 4.90 Å². The van der Waals surface area contributed by atoms with Crippen LogP contribution >= 0.6 is 0 Å². The second-order valence-corrected chi connectivity index (χ2v) is 5.44. The van der Waals surface area contributed by atoms with Crippen LogP contribution in [-0.2, 0) is 11.2 Å². The van der Waals surface area contributed by atoms with Gasteiger partial charge < -0.3 is 20.5 Å². The standard InChI is InChI=1S/C15H22N2O3/c1-17-8-2-3-13(10-17)20-12-6-4-11(5-7-12)9-14(16)15(18)19/h4-7,13-14H,2-3,8-10,16H2,1H3,(H,18,19). The maximum Gasteiger partial charge on any atom is 0.320 e. The third-order valence-electron chi connectivity index (χ3n) is 3.58. The summed E-state index contributed by atoms with van der Waals surface area (Å²) in [5, 5.41) is 8.78. The minimum Gasteiger partial charge on any atom is -0.489 e. The van der Waals surface area contributed by atoms with Crippen LogP contribution in [0.3, 0.4) is 0 Å². The van der Waals surface area contributed by atoms with Crippen molar-refractivity contribution in [1.29, 1.82) is 0 Å². The molecule has 0 aromatic heterocycles. The Kier molecular flexibility index (Phi) is 4.98. The Morgan fingerprint density at radius 1 is 1.50 bits per heavy atom. The highest BCUT2D eigenvalue weighted by atomic mass is 16.5. The quantitative estimate of drug-likeness (QED) is 0.844. The molecule has 110 valence electrons. The Balaban J connectivity index is 1.89. The van der Waals surface area contributed by atoms with Crippen molar-refractivity contribution >= 4 is 5.97 Å². The highest BCUT2D eigenvalue weighted by Crippen LogP contribution is 2.19. The van der Waals surface area contributed by atoms with Crippen LogP contribution in [0.4, 0.5) is 0 Å². The zero-order valence-corrected chi connectivity index (χ0v) is 11.8. The molecule has 0 spiro atoms. The predicted octanol–water partition coefficient (Wildman–Crippen LogP) is 1.11. The normalized spacial score (nSPS) is 21.4. The molecule has 5 heteroatoms.